The first-order valence-corrected chi connectivity index (χ1v) is 7.36. The van der Waals surface area contributed by atoms with Gasteiger partial charge in [-0.05, 0) is 18.3 Å². The van der Waals surface area contributed by atoms with Crippen LogP contribution < -0.4 is 4.72 Å². The van der Waals surface area contributed by atoms with Gasteiger partial charge in [-0.2, -0.15) is 21.6 Å². The van der Waals surface area contributed by atoms with Crippen molar-refractivity contribution in [3.8, 4) is 0 Å². The minimum Gasteiger partial charge on any atom is -0.273 e. The van der Waals surface area contributed by atoms with Crippen molar-refractivity contribution in [1.82, 2.24) is 4.72 Å². The standard InChI is InChI=1S/C11H20F3NO3S/c1-7(2)6-10(5,8(3)4)9(16)15-19(17,18)11(12,13)14/h7-8H,6H2,1-5H3,(H,15,16). The smallest absolute Gasteiger partial charge is 0.273 e. The number of hydrogen-bond donors (Lipinski definition) is 1. The minimum atomic E-state index is -5.65. The first-order valence-electron chi connectivity index (χ1n) is 5.87. The van der Waals surface area contributed by atoms with Crippen molar-refractivity contribution < 1.29 is 26.4 Å². The van der Waals surface area contributed by atoms with Crippen molar-refractivity contribution >= 4 is 15.9 Å². The third-order valence-corrected chi connectivity index (χ3v) is 4.22. The van der Waals surface area contributed by atoms with Crippen LogP contribution in [0.3, 0.4) is 0 Å². The Bertz CT molecular complexity index is 429. The van der Waals surface area contributed by atoms with Crippen LogP contribution in [0.4, 0.5) is 13.2 Å². The monoisotopic (exact) mass is 303 g/mol. The van der Waals surface area contributed by atoms with E-state index in [2.05, 4.69) is 0 Å². The highest BCUT2D eigenvalue weighted by Crippen LogP contribution is 2.35. The van der Waals surface area contributed by atoms with Gasteiger partial charge in [-0.15, -0.1) is 0 Å². The van der Waals surface area contributed by atoms with Crippen molar-refractivity contribution in [2.75, 3.05) is 0 Å². The zero-order valence-electron chi connectivity index (χ0n) is 11.6. The highest BCUT2D eigenvalue weighted by Gasteiger charge is 2.49. The molecular weight excluding hydrogens is 283 g/mol. The molecule has 8 heteroatoms. The predicted octanol–water partition coefficient (Wildman–Crippen LogP) is 2.66. The van der Waals surface area contributed by atoms with E-state index in [1.54, 1.807) is 13.8 Å². The van der Waals surface area contributed by atoms with Gasteiger partial charge in [-0.1, -0.05) is 34.6 Å². The van der Waals surface area contributed by atoms with Crippen LogP contribution in [-0.2, 0) is 14.8 Å². The van der Waals surface area contributed by atoms with E-state index in [1.165, 1.54) is 6.92 Å². The minimum absolute atomic E-state index is 0.0479. The molecule has 0 aromatic rings. The lowest BCUT2D eigenvalue weighted by Crippen LogP contribution is -2.49. The van der Waals surface area contributed by atoms with Crippen LogP contribution in [0.25, 0.3) is 0 Å². The van der Waals surface area contributed by atoms with Gasteiger partial charge in [0, 0.05) is 5.41 Å². The molecule has 1 amide bonds. The maximum absolute atomic E-state index is 12.2. The molecule has 0 bridgehead atoms. The molecule has 114 valence electrons. The quantitative estimate of drug-likeness (QED) is 0.849. The molecule has 0 saturated carbocycles. The molecule has 0 heterocycles. The van der Waals surface area contributed by atoms with Gasteiger partial charge in [0.05, 0.1) is 0 Å². The number of halogens is 3. The third-order valence-electron chi connectivity index (χ3n) is 3.16. The number of sulfonamides is 1. The summed E-state index contributed by atoms with van der Waals surface area (Å²) in [6.07, 6.45) is 0.296. The first-order chi connectivity index (χ1) is 8.24. The van der Waals surface area contributed by atoms with Crippen LogP contribution in [0.1, 0.15) is 41.0 Å². The summed E-state index contributed by atoms with van der Waals surface area (Å²) in [5, 5.41) is 0. The Kier molecular flexibility index (Phi) is 5.45. The number of rotatable bonds is 5. The summed E-state index contributed by atoms with van der Waals surface area (Å²) in [4.78, 5) is 11.9. The summed E-state index contributed by atoms with van der Waals surface area (Å²) in [7, 11) is -5.65. The topological polar surface area (TPSA) is 63.2 Å². The molecule has 4 nitrogen and oxygen atoms in total. The van der Waals surface area contributed by atoms with Crippen molar-refractivity contribution in [2.24, 2.45) is 17.3 Å². The molecule has 1 N–H and O–H groups in total. The Balaban J connectivity index is 5.28. The summed E-state index contributed by atoms with van der Waals surface area (Å²) < 4.78 is 59.8. The maximum Gasteiger partial charge on any atom is 0.516 e. The fourth-order valence-electron chi connectivity index (χ4n) is 1.74. The second-order valence-electron chi connectivity index (χ2n) is 5.55. The van der Waals surface area contributed by atoms with Crippen molar-refractivity contribution in [1.29, 1.82) is 0 Å². The van der Waals surface area contributed by atoms with Gasteiger partial charge in [0.1, 0.15) is 0 Å². The Labute approximate surface area is 111 Å². The van der Waals surface area contributed by atoms with Crippen LogP contribution in [-0.4, -0.2) is 19.8 Å². The van der Waals surface area contributed by atoms with Crippen LogP contribution >= 0.6 is 0 Å². The van der Waals surface area contributed by atoms with E-state index in [0.717, 1.165) is 4.72 Å². The van der Waals surface area contributed by atoms with Gasteiger partial charge in [-0.3, -0.25) is 4.79 Å². The van der Waals surface area contributed by atoms with Gasteiger partial charge < -0.3 is 0 Å². The second kappa shape index (κ2) is 5.68. The van der Waals surface area contributed by atoms with E-state index in [1.807, 2.05) is 13.8 Å². The van der Waals surface area contributed by atoms with Crippen LogP contribution in [0.2, 0.25) is 0 Å². The fourth-order valence-corrected chi connectivity index (χ4v) is 2.33. The Morgan fingerprint density at radius 1 is 1.16 bits per heavy atom. The summed E-state index contributed by atoms with van der Waals surface area (Å²) in [5.41, 5.74) is -6.66. The molecule has 0 saturated heterocycles. The Hall–Kier alpha value is -0.790. The van der Waals surface area contributed by atoms with E-state index >= 15 is 0 Å². The van der Waals surface area contributed by atoms with Gasteiger partial charge in [-0.25, -0.2) is 4.72 Å². The van der Waals surface area contributed by atoms with Gasteiger partial charge in [0.2, 0.25) is 5.91 Å². The summed E-state index contributed by atoms with van der Waals surface area (Å²) in [5.74, 6) is -1.36. The first kappa shape index (κ1) is 18.2. The van der Waals surface area contributed by atoms with Gasteiger partial charge in [0.15, 0.2) is 0 Å². The molecule has 1 atom stereocenters. The average Bonchev–Trinajstić information content (AvgIpc) is 2.13. The predicted molar refractivity (Wildman–Crippen MR) is 65.5 cm³/mol. The Morgan fingerprint density at radius 2 is 1.58 bits per heavy atom. The fraction of sp³-hybridized carbons (Fsp3) is 0.909. The lowest BCUT2D eigenvalue weighted by molar-refractivity contribution is -0.132. The van der Waals surface area contributed by atoms with Crippen LogP contribution in [0, 0.1) is 17.3 Å². The number of carbonyl (C=O) groups excluding carboxylic acids is 1. The van der Waals surface area contributed by atoms with Crippen molar-refractivity contribution in [3.63, 3.8) is 0 Å². The molecule has 0 fully saturated rings. The van der Waals surface area contributed by atoms with E-state index in [9.17, 15) is 26.4 Å². The van der Waals surface area contributed by atoms with Crippen molar-refractivity contribution in [2.45, 2.75) is 46.5 Å². The number of nitrogens with one attached hydrogen (secondary N) is 1. The molecule has 0 radical (unpaired) electrons. The van der Waals surface area contributed by atoms with E-state index < -0.39 is 26.9 Å². The lowest BCUT2D eigenvalue weighted by Gasteiger charge is -2.33. The molecule has 0 aromatic carbocycles. The third kappa shape index (κ3) is 4.36. The summed E-state index contributed by atoms with van der Waals surface area (Å²) in [6.45, 7) is 8.43. The Morgan fingerprint density at radius 3 is 1.84 bits per heavy atom. The maximum atomic E-state index is 12.2. The van der Waals surface area contributed by atoms with E-state index in [0.29, 0.717) is 6.42 Å². The van der Waals surface area contributed by atoms with E-state index in [4.69, 9.17) is 0 Å². The van der Waals surface area contributed by atoms with Gasteiger partial charge >= 0.3 is 15.5 Å². The molecule has 0 aliphatic rings. The normalized spacial score (nSPS) is 16.5. The molecule has 0 spiro atoms. The number of carbonyl (C=O) groups is 1. The molecule has 0 aromatic heterocycles. The highest BCUT2D eigenvalue weighted by atomic mass is 32.2. The molecule has 0 rings (SSSR count). The van der Waals surface area contributed by atoms with Gasteiger partial charge in [0.25, 0.3) is 0 Å². The highest BCUT2D eigenvalue weighted by molar-refractivity contribution is 7.90. The zero-order chi connectivity index (χ0) is 15.6. The van der Waals surface area contributed by atoms with Crippen molar-refractivity contribution in [3.05, 3.63) is 0 Å². The number of alkyl halides is 3. The van der Waals surface area contributed by atoms with Crippen LogP contribution in [0.15, 0.2) is 0 Å². The number of amides is 1. The second-order valence-corrected chi connectivity index (χ2v) is 7.22. The lowest BCUT2D eigenvalue weighted by atomic mass is 9.73. The molecular formula is C11H20F3NO3S. The average molecular weight is 303 g/mol. The molecule has 19 heavy (non-hydrogen) atoms. The van der Waals surface area contributed by atoms with E-state index in [-0.39, 0.29) is 11.8 Å². The van der Waals surface area contributed by atoms with Crippen LogP contribution in [0.5, 0.6) is 0 Å². The summed E-state index contributed by atoms with van der Waals surface area (Å²) in [6, 6.07) is 0. The molecule has 0 aliphatic heterocycles. The summed E-state index contributed by atoms with van der Waals surface area (Å²) >= 11 is 0. The number of hydrogen-bond acceptors (Lipinski definition) is 3. The zero-order valence-corrected chi connectivity index (χ0v) is 12.4. The largest absolute Gasteiger partial charge is 0.516 e. The SMILES string of the molecule is CC(C)CC(C)(C(=O)NS(=O)(=O)C(F)(F)F)C(C)C. The molecule has 0 aliphatic carbocycles. The molecule has 1 unspecified atom stereocenters.